The molecule has 2 saturated heterocycles. The van der Waals surface area contributed by atoms with Gasteiger partial charge in [0, 0.05) is 13.1 Å². The van der Waals surface area contributed by atoms with Gasteiger partial charge in [0.15, 0.2) is 5.96 Å². The number of likely N-dealkylation sites (tertiary alicyclic amines) is 1. The number of hydrogen-bond acceptors (Lipinski definition) is 6. The molecule has 0 aromatic heterocycles. The van der Waals surface area contributed by atoms with Crippen LogP contribution < -0.4 is 27.4 Å². The molecule has 0 radical (unpaired) electrons. The van der Waals surface area contributed by atoms with Crippen LogP contribution in [0, 0.1) is 5.92 Å². The lowest BCUT2D eigenvalue weighted by atomic mass is 9.98. The van der Waals surface area contributed by atoms with Crippen LogP contribution in [0.3, 0.4) is 0 Å². The van der Waals surface area contributed by atoms with Crippen LogP contribution in [0.5, 0.6) is 0 Å². The van der Waals surface area contributed by atoms with E-state index < -0.39 is 35.9 Å². The monoisotopic (exact) mass is 481 g/mol. The van der Waals surface area contributed by atoms with E-state index in [0.717, 1.165) is 19.4 Å². The van der Waals surface area contributed by atoms with Crippen molar-refractivity contribution in [2.45, 2.75) is 83.0 Å². The van der Waals surface area contributed by atoms with Gasteiger partial charge in [-0.05, 0) is 51.0 Å². The Kier molecular flexibility index (Phi) is 10.6. The number of hydrogen-bond donors (Lipinski definition) is 6. The van der Waals surface area contributed by atoms with E-state index in [9.17, 15) is 24.3 Å². The smallest absolute Gasteiger partial charge is 0.326 e. The number of aliphatic imine (C=N–C) groups is 1. The number of nitrogens with two attached hydrogens (primary N) is 2. The van der Waals surface area contributed by atoms with Crippen LogP contribution in [-0.4, -0.2) is 83.5 Å². The summed E-state index contributed by atoms with van der Waals surface area (Å²) in [7, 11) is 0. The summed E-state index contributed by atoms with van der Waals surface area (Å²) in [6.45, 7) is 5.11. The zero-order valence-electron chi connectivity index (χ0n) is 20.1. The van der Waals surface area contributed by atoms with Crippen LogP contribution in [0.25, 0.3) is 0 Å². The van der Waals surface area contributed by atoms with E-state index >= 15 is 0 Å². The normalized spacial score (nSPS) is 22.5. The Hall–Kier alpha value is -2.89. The minimum atomic E-state index is -1.13. The molecule has 8 N–H and O–H groups in total. The molecule has 5 unspecified atom stereocenters. The largest absolute Gasteiger partial charge is 0.480 e. The summed E-state index contributed by atoms with van der Waals surface area (Å²) in [5.74, 6) is -2.59. The molecule has 12 nitrogen and oxygen atoms in total. The second kappa shape index (κ2) is 13.1. The van der Waals surface area contributed by atoms with Gasteiger partial charge < -0.3 is 37.4 Å². The van der Waals surface area contributed by atoms with Crippen LogP contribution in [-0.2, 0) is 19.2 Å². The molecule has 0 aliphatic carbocycles. The van der Waals surface area contributed by atoms with E-state index in [-0.39, 0.29) is 36.8 Å². The van der Waals surface area contributed by atoms with E-state index in [4.69, 9.17) is 11.5 Å². The number of aliphatic carboxylic acids is 1. The Morgan fingerprint density at radius 2 is 1.91 bits per heavy atom. The first kappa shape index (κ1) is 27.4. The second-order valence-corrected chi connectivity index (χ2v) is 9.06. The van der Waals surface area contributed by atoms with E-state index in [1.807, 2.05) is 6.92 Å². The van der Waals surface area contributed by atoms with E-state index in [0.29, 0.717) is 32.2 Å². The third-order valence-electron chi connectivity index (χ3n) is 6.55. The number of carboxylic acids is 1. The second-order valence-electron chi connectivity index (χ2n) is 9.06. The Balaban J connectivity index is 2.10. The van der Waals surface area contributed by atoms with Crippen LogP contribution in [0.15, 0.2) is 4.99 Å². The molecule has 5 atom stereocenters. The summed E-state index contributed by atoms with van der Waals surface area (Å²) in [5.41, 5.74) is 10.7. The van der Waals surface area contributed by atoms with Crippen molar-refractivity contribution in [3.63, 3.8) is 0 Å². The maximum Gasteiger partial charge on any atom is 0.326 e. The lowest BCUT2D eigenvalue weighted by molar-refractivity contribution is -0.144. The molecular formula is C22H39N7O5. The SMILES string of the molecule is CCC(C)C(NC(=O)C(CCCN=C(N)N)NC(=O)C1CCCN1C(=O)C1CCCN1)C(=O)O. The van der Waals surface area contributed by atoms with Crippen molar-refractivity contribution < 1.29 is 24.3 Å². The molecule has 12 heteroatoms. The number of carbonyl (C=O) groups is 4. The highest BCUT2D eigenvalue weighted by atomic mass is 16.4. The number of guanidine groups is 1. The van der Waals surface area contributed by atoms with Gasteiger partial charge in [-0.2, -0.15) is 0 Å². The first-order valence-electron chi connectivity index (χ1n) is 12.1. The average molecular weight is 482 g/mol. The molecule has 0 saturated carbocycles. The van der Waals surface area contributed by atoms with Crippen molar-refractivity contribution >= 4 is 29.7 Å². The molecule has 2 heterocycles. The van der Waals surface area contributed by atoms with Gasteiger partial charge in [0.25, 0.3) is 0 Å². The number of rotatable bonds is 12. The highest BCUT2D eigenvalue weighted by molar-refractivity contribution is 5.94. The Labute approximate surface area is 200 Å². The van der Waals surface area contributed by atoms with Gasteiger partial charge in [0.1, 0.15) is 18.1 Å². The van der Waals surface area contributed by atoms with Crippen LogP contribution >= 0.6 is 0 Å². The Morgan fingerprint density at radius 3 is 2.50 bits per heavy atom. The molecule has 2 rings (SSSR count). The van der Waals surface area contributed by atoms with Crippen molar-refractivity contribution in [3.8, 4) is 0 Å². The quantitative estimate of drug-likeness (QED) is 0.115. The highest BCUT2D eigenvalue weighted by Gasteiger charge is 2.39. The van der Waals surface area contributed by atoms with Crippen LogP contribution in [0.1, 0.15) is 58.8 Å². The third-order valence-corrected chi connectivity index (χ3v) is 6.55. The molecule has 2 aliphatic heterocycles. The molecule has 34 heavy (non-hydrogen) atoms. The fraction of sp³-hybridized carbons (Fsp3) is 0.773. The number of carboxylic acid groups (broad SMARTS) is 1. The fourth-order valence-corrected chi connectivity index (χ4v) is 4.38. The van der Waals surface area contributed by atoms with Crippen LogP contribution in [0.4, 0.5) is 0 Å². The van der Waals surface area contributed by atoms with E-state index in [1.54, 1.807) is 11.8 Å². The maximum absolute atomic E-state index is 13.2. The van der Waals surface area contributed by atoms with Crippen molar-refractivity contribution in [1.29, 1.82) is 0 Å². The molecule has 2 aliphatic rings. The standard InChI is InChI=1S/C22H39N7O5/c1-3-13(2)17(21(33)34)28-18(30)14(7-4-11-26-22(23)24)27-19(31)16-9-6-12-29(16)20(32)15-8-5-10-25-15/h13-17,25H,3-12H2,1-2H3,(H,27,31)(H,28,30)(H,33,34)(H4,23,24,26). The fourth-order valence-electron chi connectivity index (χ4n) is 4.38. The summed E-state index contributed by atoms with van der Waals surface area (Å²) in [6.07, 6.45) is 4.05. The number of carbonyl (C=O) groups excluding carboxylic acids is 3. The lowest BCUT2D eigenvalue weighted by Gasteiger charge is -2.29. The van der Waals surface area contributed by atoms with Crippen LogP contribution in [0.2, 0.25) is 0 Å². The van der Waals surface area contributed by atoms with Crippen molar-refractivity contribution in [2.75, 3.05) is 19.6 Å². The highest BCUT2D eigenvalue weighted by Crippen LogP contribution is 2.21. The van der Waals surface area contributed by atoms with Gasteiger partial charge >= 0.3 is 5.97 Å². The minimum Gasteiger partial charge on any atom is -0.480 e. The Morgan fingerprint density at radius 1 is 1.18 bits per heavy atom. The van der Waals surface area contributed by atoms with Crippen molar-refractivity contribution in [3.05, 3.63) is 0 Å². The average Bonchev–Trinajstić information content (AvgIpc) is 3.50. The van der Waals surface area contributed by atoms with Gasteiger partial charge in [0.05, 0.1) is 6.04 Å². The molecule has 0 bridgehead atoms. The lowest BCUT2D eigenvalue weighted by Crippen LogP contribution is -2.57. The number of nitrogens with one attached hydrogen (secondary N) is 3. The van der Waals surface area contributed by atoms with Gasteiger partial charge in [-0.3, -0.25) is 19.4 Å². The van der Waals surface area contributed by atoms with Gasteiger partial charge in [0.2, 0.25) is 17.7 Å². The number of amides is 3. The molecule has 192 valence electrons. The molecule has 2 fully saturated rings. The molecule has 0 spiro atoms. The van der Waals surface area contributed by atoms with Crippen molar-refractivity contribution in [1.82, 2.24) is 20.9 Å². The number of nitrogens with zero attached hydrogens (tertiary/aromatic N) is 2. The predicted molar refractivity (Wildman–Crippen MR) is 127 cm³/mol. The zero-order chi connectivity index (χ0) is 25.3. The predicted octanol–water partition coefficient (Wildman–Crippen LogP) is -1.12. The van der Waals surface area contributed by atoms with Gasteiger partial charge in [-0.15, -0.1) is 0 Å². The summed E-state index contributed by atoms with van der Waals surface area (Å²) >= 11 is 0. The van der Waals surface area contributed by atoms with Crippen molar-refractivity contribution in [2.24, 2.45) is 22.4 Å². The Bertz CT molecular complexity index is 765. The first-order chi connectivity index (χ1) is 16.1. The summed E-state index contributed by atoms with van der Waals surface area (Å²) in [4.78, 5) is 56.2. The zero-order valence-corrected chi connectivity index (χ0v) is 20.1. The molecular weight excluding hydrogens is 442 g/mol. The first-order valence-corrected chi connectivity index (χ1v) is 12.1. The molecule has 3 amide bonds. The summed E-state index contributed by atoms with van der Waals surface area (Å²) in [6, 6.07) is -2.99. The summed E-state index contributed by atoms with van der Waals surface area (Å²) in [5, 5.41) is 18.0. The topological polar surface area (TPSA) is 192 Å². The van der Waals surface area contributed by atoms with Gasteiger partial charge in [-0.25, -0.2) is 4.79 Å². The van der Waals surface area contributed by atoms with E-state index in [2.05, 4.69) is 20.9 Å². The summed E-state index contributed by atoms with van der Waals surface area (Å²) < 4.78 is 0. The molecule has 0 aromatic rings. The molecule has 0 aromatic carbocycles. The van der Waals surface area contributed by atoms with Gasteiger partial charge in [-0.1, -0.05) is 20.3 Å². The minimum absolute atomic E-state index is 0.0756. The maximum atomic E-state index is 13.2. The van der Waals surface area contributed by atoms with E-state index in [1.165, 1.54) is 0 Å². The third kappa shape index (κ3) is 7.57.